The molecule has 0 atom stereocenters. The van der Waals surface area contributed by atoms with Crippen LogP contribution >= 0.6 is 22.9 Å². The molecule has 0 fully saturated rings. The number of alkyl halides is 2. The summed E-state index contributed by atoms with van der Waals surface area (Å²) in [6.07, 6.45) is 1.04. The summed E-state index contributed by atoms with van der Waals surface area (Å²) < 4.78 is 67.1. The molecule has 2 aromatic rings. The molecule has 0 amide bonds. The molecule has 0 aliphatic carbocycles. The SMILES string of the molecule is O=S(=O)(Nc1ccc(OC(F)F)c(F)c1)c1cnc(Cl)s1. The minimum absolute atomic E-state index is 0.0298. The van der Waals surface area contributed by atoms with Gasteiger partial charge < -0.3 is 4.74 Å². The minimum atomic E-state index is -3.98. The van der Waals surface area contributed by atoms with Crippen molar-refractivity contribution in [1.29, 1.82) is 0 Å². The second-order valence-corrected chi connectivity index (χ2v) is 7.08. The molecule has 1 aromatic heterocycles. The first-order valence-electron chi connectivity index (χ1n) is 5.16. The van der Waals surface area contributed by atoms with E-state index in [1.165, 1.54) is 0 Å². The van der Waals surface area contributed by atoms with Gasteiger partial charge >= 0.3 is 6.61 Å². The Morgan fingerprint density at radius 3 is 2.62 bits per heavy atom. The highest BCUT2D eigenvalue weighted by molar-refractivity contribution is 7.94. The summed E-state index contributed by atoms with van der Waals surface area (Å²) in [4.78, 5) is 3.58. The predicted octanol–water partition coefficient (Wildman–Crippen LogP) is 3.34. The monoisotopic (exact) mass is 358 g/mol. The molecule has 0 unspecified atom stereocenters. The van der Waals surface area contributed by atoms with Crippen LogP contribution in [0.5, 0.6) is 5.75 Å². The highest BCUT2D eigenvalue weighted by Crippen LogP contribution is 2.27. The topological polar surface area (TPSA) is 68.3 Å². The summed E-state index contributed by atoms with van der Waals surface area (Å²) in [6.45, 7) is -3.18. The molecule has 2 rings (SSSR count). The molecule has 0 spiro atoms. The fourth-order valence-electron chi connectivity index (χ4n) is 1.32. The van der Waals surface area contributed by atoms with Gasteiger partial charge in [0.25, 0.3) is 10.0 Å². The van der Waals surface area contributed by atoms with Gasteiger partial charge in [0.15, 0.2) is 20.2 Å². The van der Waals surface area contributed by atoms with Gasteiger partial charge in [-0.05, 0) is 12.1 Å². The van der Waals surface area contributed by atoms with Crippen molar-refractivity contribution in [3.63, 3.8) is 0 Å². The summed E-state index contributed by atoms with van der Waals surface area (Å²) in [5.74, 6) is -1.81. The van der Waals surface area contributed by atoms with Gasteiger partial charge in [0.1, 0.15) is 0 Å². The first-order valence-corrected chi connectivity index (χ1v) is 7.84. The highest BCUT2D eigenvalue weighted by Gasteiger charge is 2.19. The Labute approximate surface area is 126 Å². The van der Waals surface area contributed by atoms with Crippen molar-refractivity contribution >= 4 is 38.6 Å². The van der Waals surface area contributed by atoms with Crippen molar-refractivity contribution in [3.05, 3.63) is 34.7 Å². The number of rotatable bonds is 5. The lowest BCUT2D eigenvalue weighted by Gasteiger charge is -2.09. The maximum Gasteiger partial charge on any atom is 0.387 e. The summed E-state index contributed by atoms with van der Waals surface area (Å²) in [6, 6.07) is 2.69. The van der Waals surface area contributed by atoms with Crippen LogP contribution in [0.25, 0.3) is 0 Å². The van der Waals surface area contributed by atoms with E-state index in [2.05, 4.69) is 14.4 Å². The van der Waals surface area contributed by atoms with Crippen LogP contribution < -0.4 is 9.46 Å². The average molecular weight is 359 g/mol. The van der Waals surface area contributed by atoms with Crippen molar-refractivity contribution in [2.75, 3.05) is 4.72 Å². The Bertz CT molecular complexity index is 752. The molecule has 1 N–H and O–H groups in total. The van der Waals surface area contributed by atoms with E-state index in [-0.39, 0.29) is 14.4 Å². The van der Waals surface area contributed by atoms with Crippen molar-refractivity contribution in [2.24, 2.45) is 0 Å². The number of hydrogen-bond acceptors (Lipinski definition) is 5. The van der Waals surface area contributed by atoms with E-state index in [1.807, 2.05) is 0 Å². The fraction of sp³-hybridized carbons (Fsp3) is 0.100. The van der Waals surface area contributed by atoms with Crippen molar-refractivity contribution in [2.45, 2.75) is 10.8 Å². The molecular formula is C10H6ClF3N2O3S2. The number of aromatic nitrogens is 1. The molecule has 1 aromatic carbocycles. The lowest BCUT2D eigenvalue weighted by molar-refractivity contribution is -0.0521. The zero-order chi connectivity index (χ0) is 15.6. The van der Waals surface area contributed by atoms with Crippen LogP contribution in [0.1, 0.15) is 0 Å². The molecule has 21 heavy (non-hydrogen) atoms. The molecule has 0 saturated heterocycles. The fourth-order valence-corrected chi connectivity index (χ4v) is 3.67. The van der Waals surface area contributed by atoms with Gasteiger partial charge in [-0.25, -0.2) is 17.8 Å². The molecular weight excluding hydrogens is 353 g/mol. The maximum absolute atomic E-state index is 13.5. The Morgan fingerprint density at radius 1 is 1.38 bits per heavy atom. The van der Waals surface area contributed by atoms with Crippen LogP contribution in [-0.2, 0) is 10.0 Å². The molecule has 0 saturated carbocycles. The number of hydrogen-bond donors (Lipinski definition) is 1. The second kappa shape index (κ2) is 6.08. The summed E-state index contributed by atoms with van der Waals surface area (Å²) in [7, 11) is -3.98. The van der Waals surface area contributed by atoms with Gasteiger partial charge in [0.05, 0.1) is 11.9 Å². The first-order chi connectivity index (χ1) is 9.78. The lowest BCUT2D eigenvalue weighted by atomic mass is 10.3. The lowest BCUT2D eigenvalue weighted by Crippen LogP contribution is -2.12. The molecule has 0 radical (unpaired) electrons. The quantitative estimate of drug-likeness (QED) is 0.890. The zero-order valence-electron chi connectivity index (χ0n) is 9.89. The van der Waals surface area contributed by atoms with Crippen LogP contribution in [0.2, 0.25) is 4.47 Å². The Morgan fingerprint density at radius 2 is 2.10 bits per heavy atom. The number of sulfonamides is 1. The van der Waals surface area contributed by atoms with E-state index in [9.17, 15) is 21.6 Å². The number of thiazole rings is 1. The Kier molecular flexibility index (Phi) is 4.59. The number of benzene rings is 1. The van der Waals surface area contributed by atoms with E-state index in [4.69, 9.17) is 11.6 Å². The molecule has 5 nitrogen and oxygen atoms in total. The van der Waals surface area contributed by atoms with E-state index >= 15 is 0 Å². The maximum atomic E-state index is 13.5. The third-order valence-corrected chi connectivity index (χ3v) is 5.08. The summed E-state index contributed by atoms with van der Waals surface area (Å²) >= 11 is 6.25. The van der Waals surface area contributed by atoms with Crippen LogP contribution in [0.15, 0.2) is 28.6 Å². The summed E-state index contributed by atoms with van der Waals surface area (Å²) in [5, 5.41) is 0. The standard InChI is InChI=1S/C10H6ClF3N2O3S2/c11-9-15-4-8(20-9)21(17,18)16-5-1-2-7(6(12)3-5)19-10(13)14/h1-4,10,16H. The van der Waals surface area contributed by atoms with Gasteiger partial charge in [0, 0.05) is 6.07 Å². The zero-order valence-corrected chi connectivity index (χ0v) is 12.3. The van der Waals surface area contributed by atoms with E-state index in [0.717, 1.165) is 24.4 Å². The van der Waals surface area contributed by atoms with Gasteiger partial charge in [-0.1, -0.05) is 22.9 Å². The molecule has 11 heteroatoms. The van der Waals surface area contributed by atoms with E-state index in [1.54, 1.807) is 0 Å². The van der Waals surface area contributed by atoms with Crippen molar-refractivity contribution in [1.82, 2.24) is 4.98 Å². The van der Waals surface area contributed by atoms with Crippen LogP contribution in [-0.4, -0.2) is 20.0 Å². The Balaban J connectivity index is 2.22. The van der Waals surface area contributed by atoms with Crippen LogP contribution in [0.3, 0.4) is 0 Å². The second-order valence-electron chi connectivity index (χ2n) is 3.56. The number of nitrogens with one attached hydrogen (secondary N) is 1. The van der Waals surface area contributed by atoms with E-state index < -0.39 is 28.2 Å². The highest BCUT2D eigenvalue weighted by atomic mass is 35.5. The van der Waals surface area contributed by atoms with Gasteiger partial charge in [-0.3, -0.25) is 4.72 Å². The number of halogens is 4. The van der Waals surface area contributed by atoms with Gasteiger partial charge in [0.2, 0.25) is 0 Å². The van der Waals surface area contributed by atoms with Gasteiger partial charge in [-0.15, -0.1) is 0 Å². The first kappa shape index (κ1) is 15.9. The molecule has 0 aliphatic heterocycles. The van der Waals surface area contributed by atoms with Crippen molar-refractivity contribution < 1.29 is 26.3 Å². The van der Waals surface area contributed by atoms with Crippen LogP contribution in [0, 0.1) is 5.82 Å². The number of nitrogens with zero attached hydrogens (tertiary/aromatic N) is 1. The number of anilines is 1. The normalized spacial score (nSPS) is 11.7. The predicted molar refractivity (Wildman–Crippen MR) is 71.0 cm³/mol. The smallest absolute Gasteiger partial charge is 0.387 e. The molecule has 114 valence electrons. The minimum Gasteiger partial charge on any atom is -0.432 e. The van der Waals surface area contributed by atoms with Crippen LogP contribution in [0.4, 0.5) is 18.9 Å². The average Bonchev–Trinajstić information content (AvgIpc) is 2.79. The molecule has 0 aliphatic rings. The third-order valence-electron chi connectivity index (χ3n) is 2.12. The van der Waals surface area contributed by atoms with Crippen molar-refractivity contribution in [3.8, 4) is 5.75 Å². The van der Waals surface area contributed by atoms with Gasteiger partial charge in [-0.2, -0.15) is 8.78 Å². The number of ether oxygens (including phenoxy) is 1. The largest absolute Gasteiger partial charge is 0.432 e. The Hall–Kier alpha value is -1.52. The molecule has 0 bridgehead atoms. The van der Waals surface area contributed by atoms with E-state index in [0.29, 0.717) is 11.3 Å². The third kappa shape index (κ3) is 3.99. The summed E-state index contributed by atoms with van der Waals surface area (Å²) in [5.41, 5.74) is -0.154. The molecule has 1 heterocycles.